The van der Waals surface area contributed by atoms with Gasteiger partial charge in [0.15, 0.2) is 0 Å². The van der Waals surface area contributed by atoms with Gasteiger partial charge in [-0.25, -0.2) is 0 Å². The van der Waals surface area contributed by atoms with E-state index in [4.69, 9.17) is 0 Å². The average Bonchev–Trinajstić information content (AvgIpc) is 2.30. The van der Waals surface area contributed by atoms with Crippen LogP contribution in [0, 0.1) is 10.8 Å². The third-order valence-corrected chi connectivity index (χ3v) is 5.95. The minimum Gasteiger partial charge on any atom is -0.389 e. The van der Waals surface area contributed by atoms with Gasteiger partial charge in [-0.15, -0.1) is 0 Å². The molecule has 2 nitrogen and oxygen atoms in total. The van der Waals surface area contributed by atoms with Crippen LogP contribution in [0.2, 0.25) is 0 Å². The van der Waals surface area contributed by atoms with Crippen molar-refractivity contribution in [2.24, 2.45) is 10.8 Å². The monoisotopic (exact) mass is 368 g/mol. The van der Waals surface area contributed by atoms with E-state index in [1.165, 1.54) is 6.42 Å². The maximum atomic E-state index is 4.00. The number of hydrogen-bond donors (Lipinski definition) is 2. The van der Waals surface area contributed by atoms with Crippen LogP contribution in [0.3, 0.4) is 0 Å². The highest BCUT2D eigenvalue weighted by Gasteiger charge is 2.33. The van der Waals surface area contributed by atoms with E-state index in [1.54, 1.807) is 0 Å². The lowest BCUT2D eigenvalue weighted by atomic mass is 9.81. The summed E-state index contributed by atoms with van der Waals surface area (Å²) in [4.78, 5) is 0. The first-order valence-electron chi connectivity index (χ1n) is 9.42. The van der Waals surface area contributed by atoms with E-state index in [2.05, 4.69) is 90.9 Å². The van der Waals surface area contributed by atoms with Crippen LogP contribution in [0.1, 0.15) is 82.1 Å². The first kappa shape index (κ1) is 24.4. The van der Waals surface area contributed by atoms with Crippen LogP contribution in [0.15, 0.2) is 24.6 Å². The van der Waals surface area contributed by atoms with E-state index >= 15 is 0 Å². The summed E-state index contributed by atoms with van der Waals surface area (Å²) < 4.78 is 0.253. The first-order valence-corrected chi connectivity index (χ1v) is 10.4. The summed E-state index contributed by atoms with van der Waals surface area (Å²) in [6, 6.07) is 0. The Balaban J connectivity index is 4.69. The lowest BCUT2D eigenvalue weighted by Gasteiger charge is -2.40. The molecule has 3 heteroatoms. The molecule has 0 aliphatic carbocycles. The lowest BCUT2D eigenvalue weighted by molar-refractivity contribution is 0.259. The number of nitrogens with one attached hydrogen (secondary N) is 2. The third kappa shape index (κ3) is 12.4. The predicted molar refractivity (Wildman–Crippen MR) is 118 cm³/mol. The van der Waals surface area contributed by atoms with E-state index in [0.29, 0.717) is 0 Å². The van der Waals surface area contributed by atoms with Crippen LogP contribution < -0.4 is 10.6 Å². The van der Waals surface area contributed by atoms with Gasteiger partial charge in [0.05, 0.1) is 0 Å². The highest BCUT2D eigenvalue weighted by Crippen LogP contribution is 2.41. The van der Waals surface area contributed by atoms with Crippen LogP contribution in [0.5, 0.6) is 0 Å². The molecular weight excluding hydrogens is 324 g/mol. The van der Waals surface area contributed by atoms with Crippen molar-refractivity contribution in [1.82, 2.24) is 10.6 Å². The fourth-order valence-corrected chi connectivity index (χ4v) is 5.29. The quantitative estimate of drug-likeness (QED) is 0.419. The highest BCUT2D eigenvalue weighted by atomic mass is 32.2. The fourth-order valence-electron chi connectivity index (χ4n) is 3.92. The Hall–Kier alpha value is -0.570. The number of rotatable bonds is 12. The summed E-state index contributed by atoms with van der Waals surface area (Å²) in [6.07, 6.45) is 2.30. The van der Waals surface area contributed by atoms with E-state index in [-0.39, 0.29) is 21.1 Å². The van der Waals surface area contributed by atoms with Gasteiger partial charge in [0, 0.05) is 28.2 Å². The van der Waals surface area contributed by atoms with Crippen molar-refractivity contribution in [1.29, 1.82) is 0 Å². The zero-order chi connectivity index (χ0) is 20.1. The van der Waals surface area contributed by atoms with Crippen molar-refractivity contribution in [3.8, 4) is 0 Å². The Morgan fingerprint density at radius 2 is 1.32 bits per heavy atom. The van der Waals surface area contributed by atoms with Crippen LogP contribution in [0.25, 0.3) is 0 Å². The minimum absolute atomic E-state index is 0.0741. The molecule has 0 amide bonds. The number of thioether (sulfide) groups is 1. The van der Waals surface area contributed by atoms with Crippen molar-refractivity contribution in [2.75, 3.05) is 12.3 Å². The molecule has 0 unspecified atom stereocenters. The van der Waals surface area contributed by atoms with Gasteiger partial charge in [0.2, 0.25) is 0 Å². The van der Waals surface area contributed by atoms with E-state index in [9.17, 15) is 0 Å². The molecule has 2 N–H and O–H groups in total. The third-order valence-electron chi connectivity index (χ3n) is 4.10. The van der Waals surface area contributed by atoms with Gasteiger partial charge in [-0.2, -0.15) is 11.8 Å². The summed E-state index contributed by atoms with van der Waals surface area (Å²) in [5.41, 5.74) is 2.69. The second kappa shape index (κ2) is 8.88. The molecule has 0 radical (unpaired) electrons. The van der Waals surface area contributed by atoms with Crippen molar-refractivity contribution < 1.29 is 0 Å². The fraction of sp³-hybridized carbons (Fsp3) is 0.818. The molecule has 0 bridgehead atoms. The molecule has 0 aromatic carbocycles. The van der Waals surface area contributed by atoms with Gasteiger partial charge in [0.1, 0.15) is 0 Å². The largest absolute Gasteiger partial charge is 0.389 e. The Bertz CT molecular complexity index is 459. The van der Waals surface area contributed by atoms with E-state index in [0.717, 1.165) is 30.1 Å². The summed E-state index contributed by atoms with van der Waals surface area (Å²) in [7, 11) is 0. The number of hydrogen-bond acceptors (Lipinski definition) is 3. The van der Waals surface area contributed by atoms with E-state index < -0.39 is 0 Å². The average molecular weight is 369 g/mol. The van der Waals surface area contributed by atoms with Crippen molar-refractivity contribution >= 4 is 11.8 Å². The normalized spacial score (nSPS) is 13.5. The summed E-state index contributed by atoms with van der Waals surface area (Å²) >= 11 is 2.11. The first-order chi connectivity index (χ1) is 11.0. The highest BCUT2D eigenvalue weighted by molar-refractivity contribution is 8.00. The van der Waals surface area contributed by atoms with Gasteiger partial charge in [-0.1, -0.05) is 54.7 Å². The zero-order valence-electron chi connectivity index (χ0n) is 18.7. The molecule has 0 spiro atoms. The molecule has 0 aromatic heterocycles. The molecular formula is C22H44N2S. The van der Waals surface area contributed by atoms with E-state index in [1.807, 2.05) is 13.8 Å². The lowest BCUT2D eigenvalue weighted by Crippen LogP contribution is -2.42. The van der Waals surface area contributed by atoms with Crippen molar-refractivity contribution in [2.45, 2.75) is 92.4 Å². The van der Waals surface area contributed by atoms with Crippen LogP contribution in [-0.4, -0.2) is 22.6 Å². The summed E-state index contributed by atoms with van der Waals surface area (Å²) in [6.45, 7) is 31.7. The second-order valence-corrected chi connectivity index (χ2v) is 12.3. The van der Waals surface area contributed by atoms with Crippen LogP contribution >= 0.6 is 11.8 Å². The van der Waals surface area contributed by atoms with Crippen LogP contribution in [-0.2, 0) is 0 Å². The Morgan fingerprint density at radius 1 is 0.800 bits per heavy atom. The molecule has 148 valence electrons. The molecule has 0 fully saturated rings. The van der Waals surface area contributed by atoms with Crippen molar-refractivity contribution in [3.05, 3.63) is 24.6 Å². The number of allylic oxidation sites excluding steroid dienone is 2. The molecule has 0 atom stereocenters. The Labute approximate surface area is 162 Å². The molecule has 0 rings (SSSR count). The molecule has 0 saturated heterocycles. The maximum absolute atomic E-state index is 4.00. The van der Waals surface area contributed by atoms with Crippen molar-refractivity contribution in [3.63, 3.8) is 0 Å². The Kier molecular flexibility index (Phi) is 8.68. The second-order valence-electron chi connectivity index (χ2n) is 10.7. The molecule has 0 aliphatic heterocycles. The summed E-state index contributed by atoms with van der Waals surface area (Å²) in [5.74, 6) is 1.16. The SMILES string of the molecule is C=C(C)NCC(C)(C)CC(C)(C)SCC(C)(C)CC(C)(C)NC(=C)C. The molecule has 0 heterocycles. The predicted octanol–water partition coefficient (Wildman–Crippen LogP) is 6.36. The van der Waals surface area contributed by atoms with Gasteiger partial charge < -0.3 is 10.6 Å². The van der Waals surface area contributed by atoms with Gasteiger partial charge in [-0.05, 0) is 57.1 Å². The standard InChI is InChI=1S/C22H44N2S/c1-17(2)23-15-19(5,6)14-22(11,12)25-16-20(7,8)13-21(9,10)24-18(3)4/h23-24H,1,3,13-16H2,2,4-12H3. The molecule has 0 aromatic rings. The topological polar surface area (TPSA) is 24.1 Å². The Morgan fingerprint density at radius 3 is 1.76 bits per heavy atom. The minimum atomic E-state index is 0.0741. The smallest absolute Gasteiger partial charge is 0.0319 e. The van der Waals surface area contributed by atoms with Gasteiger partial charge in [-0.3, -0.25) is 0 Å². The van der Waals surface area contributed by atoms with Gasteiger partial charge >= 0.3 is 0 Å². The zero-order valence-corrected chi connectivity index (χ0v) is 19.5. The van der Waals surface area contributed by atoms with Gasteiger partial charge in [0.25, 0.3) is 0 Å². The molecule has 0 saturated carbocycles. The maximum Gasteiger partial charge on any atom is 0.0319 e. The molecule has 0 aliphatic rings. The molecule has 25 heavy (non-hydrogen) atoms. The van der Waals surface area contributed by atoms with Crippen LogP contribution in [0.4, 0.5) is 0 Å². The summed E-state index contributed by atoms with van der Waals surface area (Å²) in [5, 5.41) is 6.93.